The summed E-state index contributed by atoms with van der Waals surface area (Å²) >= 11 is 0. The Balaban J connectivity index is 2.20. The van der Waals surface area contributed by atoms with Crippen molar-refractivity contribution in [3.8, 4) is 0 Å². The number of methoxy groups -OCH3 is 1. The fourth-order valence-electron chi connectivity index (χ4n) is 2.72. The summed E-state index contributed by atoms with van der Waals surface area (Å²) in [6.45, 7) is 10.3. The number of aryl methyl sites for hydroxylation is 1. The number of hydrogen-bond acceptors (Lipinski definition) is 3. The van der Waals surface area contributed by atoms with Gasteiger partial charge in [0, 0.05) is 43.6 Å². The van der Waals surface area contributed by atoms with Crippen LogP contribution >= 0.6 is 0 Å². The van der Waals surface area contributed by atoms with Gasteiger partial charge in [0.15, 0.2) is 0 Å². The molecule has 0 radical (unpaired) electrons. The molecule has 0 aliphatic rings. The third-order valence-electron chi connectivity index (χ3n) is 4.10. The van der Waals surface area contributed by atoms with E-state index in [4.69, 9.17) is 4.74 Å². The summed E-state index contributed by atoms with van der Waals surface area (Å²) in [5.74, 6) is -0.175. The summed E-state index contributed by atoms with van der Waals surface area (Å²) in [4.78, 5) is 2.21. The van der Waals surface area contributed by atoms with Gasteiger partial charge in [-0.15, -0.1) is 6.58 Å². The van der Waals surface area contributed by atoms with Crippen LogP contribution in [0, 0.1) is 12.7 Å². The number of hydrogen-bond donors (Lipinski definition) is 0. The van der Waals surface area contributed by atoms with Crippen LogP contribution in [0.2, 0.25) is 0 Å². The van der Waals surface area contributed by atoms with Crippen molar-refractivity contribution in [3.63, 3.8) is 0 Å². The molecule has 0 aliphatic heterocycles. The molecule has 0 saturated heterocycles. The van der Waals surface area contributed by atoms with E-state index in [2.05, 4.69) is 23.5 Å². The third kappa shape index (κ3) is 4.76. The summed E-state index contributed by atoms with van der Waals surface area (Å²) in [5, 5.41) is 4.50. The first-order valence-electron chi connectivity index (χ1n) is 8.15. The number of aromatic nitrogens is 2. The van der Waals surface area contributed by atoms with Gasteiger partial charge >= 0.3 is 0 Å². The molecule has 24 heavy (non-hydrogen) atoms. The van der Waals surface area contributed by atoms with Crippen LogP contribution in [0.5, 0.6) is 0 Å². The molecular formula is C19H26FN3O. The molecule has 0 saturated carbocycles. The van der Waals surface area contributed by atoms with E-state index in [9.17, 15) is 4.39 Å². The lowest BCUT2D eigenvalue weighted by Gasteiger charge is -2.28. The lowest BCUT2D eigenvalue weighted by Crippen LogP contribution is -2.35. The molecule has 0 amide bonds. The van der Waals surface area contributed by atoms with Crippen LogP contribution in [0.4, 0.5) is 4.39 Å². The number of halogens is 1. The second-order valence-electron chi connectivity index (χ2n) is 6.05. The molecule has 1 heterocycles. The van der Waals surface area contributed by atoms with E-state index < -0.39 is 0 Å². The number of allylic oxidation sites excluding steroid dienone is 1. The number of benzene rings is 1. The topological polar surface area (TPSA) is 30.3 Å². The predicted octanol–water partition coefficient (Wildman–Crippen LogP) is 3.55. The fraction of sp³-hybridized carbons (Fsp3) is 0.421. The van der Waals surface area contributed by atoms with E-state index in [0.29, 0.717) is 31.8 Å². The average molecular weight is 331 g/mol. The second-order valence-corrected chi connectivity index (χ2v) is 6.05. The van der Waals surface area contributed by atoms with Gasteiger partial charge in [-0.05, 0) is 19.9 Å². The van der Waals surface area contributed by atoms with Crippen molar-refractivity contribution in [3.05, 3.63) is 65.8 Å². The average Bonchev–Trinajstić information content (AvgIpc) is 2.89. The van der Waals surface area contributed by atoms with E-state index in [1.165, 1.54) is 6.07 Å². The third-order valence-corrected chi connectivity index (χ3v) is 4.10. The molecule has 0 bridgehead atoms. The van der Waals surface area contributed by atoms with Gasteiger partial charge in [-0.25, -0.2) is 4.39 Å². The van der Waals surface area contributed by atoms with Crippen LogP contribution in [0.15, 0.2) is 43.1 Å². The number of ether oxygens (including phenoxy) is 1. The lowest BCUT2D eigenvalue weighted by atomic mass is 10.1. The van der Waals surface area contributed by atoms with Crippen molar-refractivity contribution in [2.24, 2.45) is 0 Å². The Labute approximate surface area is 143 Å². The summed E-state index contributed by atoms with van der Waals surface area (Å²) < 4.78 is 21.2. The number of nitrogens with zero attached hydrogens (tertiary/aromatic N) is 3. The van der Waals surface area contributed by atoms with Gasteiger partial charge in [-0.3, -0.25) is 9.58 Å². The minimum Gasteiger partial charge on any atom is -0.383 e. The molecule has 1 aromatic carbocycles. The molecule has 1 unspecified atom stereocenters. The predicted molar refractivity (Wildman–Crippen MR) is 94.1 cm³/mol. The van der Waals surface area contributed by atoms with E-state index in [1.54, 1.807) is 13.2 Å². The zero-order valence-electron chi connectivity index (χ0n) is 14.7. The molecule has 1 aromatic heterocycles. The van der Waals surface area contributed by atoms with E-state index in [-0.39, 0.29) is 11.9 Å². The lowest BCUT2D eigenvalue weighted by molar-refractivity contribution is 0.0886. The summed E-state index contributed by atoms with van der Waals surface area (Å²) in [5.41, 5.74) is 2.81. The minimum absolute atomic E-state index is 0.164. The largest absolute Gasteiger partial charge is 0.383 e. The smallest absolute Gasteiger partial charge is 0.127 e. The highest BCUT2D eigenvalue weighted by molar-refractivity contribution is 5.19. The van der Waals surface area contributed by atoms with Crippen LogP contribution < -0.4 is 0 Å². The van der Waals surface area contributed by atoms with Gasteiger partial charge in [0.2, 0.25) is 0 Å². The van der Waals surface area contributed by atoms with Crippen LogP contribution in [0.25, 0.3) is 0 Å². The molecule has 0 spiro atoms. The van der Waals surface area contributed by atoms with Crippen molar-refractivity contribution in [1.82, 2.24) is 14.7 Å². The monoisotopic (exact) mass is 331 g/mol. The summed E-state index contributed by atoms with van der Waals surface area (Å²) in [7, 11) is 1.69. The molecule has 4 nitrogen and oxygen atoms in total. The first kappa shape index (κ1) is 18.4. The first-order chi connectivity index (χ1) is 11.5. The minimum atomic E-state index is -0.175. The SMILES string of the molecule is C=CCn1cc(CN(Cc2ccccc2F)C(C)COC)c(C)n1. The molecule has 5 heteroatoms. The Morgan fingerprint density at radius 2 is 2.04 bits per heavy atom. The first-order valence-corrected chi connectivity index (χ1v) is 8.15. The fourth-order valence-corrected chi connectivity index (χ4v) is 2.72. The number of rotatable bonds is 9. The standard InChI is InChI=1S/C19H26FN3O/c1-5-10-23-13-18(16(3)21-23)12-22(15(2)14-24-4)11-17-8-6-7-9-19(17)20/h5-9,13,15H,1,10-12,14H2,2-4H3. The second kappa shape index (κ2) is 8.76. The van der Waals surface area contributed by atoms with Gasteiger partial charge in [-0.1, -0.05) is 24.3 Å². The quantitative estimate of drug-likeness (QED) is 0.658. The van der Waals surface area contributed by atoms with Gasteiger partial charge in [0.05, 0.1) is 18.8 Å². The molecule has 0 fully saturated rings. The van der Waals surface area contributed by atoms with E-state index in [1.807, 2.05) is 36.0 Å². The zero-order chi connectivity index (χ0) is 17.5. The normalized spacial score (nSPS) is 12.5. The molecule has 0 N–H and O–H groups in total. The Kier molecular flexibility index (Phi) is 6.70. The molecular weight excluding hydrogens is 305 g/mol. The molecule has 0 aliphatic carbocycles. The Hall–Kier alpha value is -1.98. The Morgan fingerprint density at radius 1 is 1.33 bits per heavy atom. The van der Waals surface area contributed by atoms with Gasteiger partial charge in [0.25, 0.3) is 0 Å². The van der Waals surface area contributed by atoms with Crippen molar-refractivity contribution in [2.45, 2.75) is 39.5 Å². The summed E-state index contributed by atoms with van der Waals surface area (Å²) in [6.07, 6.45) is 3.85. The van der Waals surface area contributed by atoms with Crippen LogP contribution in [-0.4, -0.2) is 34.4 Å². The highest BCUT2D eigenvalue weighted by Crippen LogP contribution is 2.17. The van der Waals surface area contributed by atoms with Gasteiger partial charge in [-0.2, -0.15) is 5.10 Å². The van der Waals surface area contributed by atoms with Gasteiger partial charge < -0.3 is 4.74 Å². The van der Waals surface area contributed by atoms with Crippen molar-refractivity contribution >= 4 is 0 Å². The zero-order valence-corrected chi connectivity index (χ0v) is 14.7. The maximum Gasteiger partial charge on any atom is 0.127 e. The van der Waals surface area contributed by atoms with Crippen LogP contribution in [-0.2, 0) is 24.4 Å². The molecule has 2 rings (SSSR count). The van der Waals surface area contributed by atoms with Gasteiger partial charge in [0.1, 0.15) is 5.82 Å². The molecule has 130 valence electrons. The van der Waals surface area contributed by atoms with E-state index >= 15 is 0 Å². The highest BCUT2D eigenvalue weighted by Gasteiger charge is 2.18. The van der Waals surface area contributed by atoms with Crippen LogP contribution in [0.3, 0.4) is 0 Å². The van der Waals surface area contributed by atoms with Crippen molar-refractivity contribution in [1.29, 1.82) is 0 Å². The van der Waals surface area contributed by atoms with Crippen LogP contribution in [0.1, 0.15) is 23.7 Å². The highest BCUT2D eigenvalue weighted by atomic mass is 19.1. The Morgan fingerprint density at radius 3 is 2.71 bits per heavy atom. The summed E-state index contributed by atoms with van der Waals surface area (Å²) in [6, 6.07) is 7.07. The maximum atomic E-state index is 14.0. The maximum absolute atomic E-state index is 14.0. The molecule has 2 aromatic rings. The van der Waals surface area contributed by atoms with E-state index in [0.717, 1.165) is 11.3 Å². The Bertz CT molecular complexity index is 668. The van der Waals surface area contributed by atoms with Crippen molar-refractivity contribution < 1.29 is 9.13 Å². The van der Waals surface area contributed by atoms with Crippen molar-refractivity contribution in [2.75, 3.05) is 13.7 Å². The molecule has 1 atom stereocenters.